The number of benzene rings is 18. The van der Waals surface area contributed by atoms with Crippen LogP contribution in [0.3, 0.4) is 0 Å². The summed E-state index contributed by atoms with van der Waals surface area (Å²) in [5, 5.41) is 11.2. The highest BCUT2D eigenvalue weighted by molar-refractivity contribution is 6.17. The number of rotatable bonds is 11. The zero-order chi connectivity index (χ0) is 95.6. The summed E-state index contributed by atoms with van der Waals surface area (Å²) in [5.74, 6) is 5.89. The summed E-state index contributed by atoms with van der Waals surface area (Å²) in [6, 6.07) is 136. The van der Waals surface area contributed by atoms with Gasteiger partial charge in [-0.25, -0.2) is 44.9 Å². The van der Waals surface area contributed by atoms with E-state index in [1.165, 1.54) is 82.9 Å². The molecule has 7 aromatic heterocycles. The van der Waals surface area contributed by atoms with Crippen LogP contribution in [-0.4, -0.2) is 44.9 Å². The normalized spacial score (nSPS) is 14.8. The molecule has 3 aliphatic carbocycles. The highest BCUT2D eigenvalue weighted by atomic mass is 16.3. The minimum Gasteiger partial charge on any atom is -0.456 e. The Bertz CT molecular complexity index is 9460. The van der Waals surface area contributed by atoms with Gasteiger partial charge >= 0.3 is 0 Å². The molecule has 0 spiro atoms. The van der Waals surface area contributed by atoms with Crippen LogP contribution >= 0.6 is 0 Å². The molecule has 28 rings (SSSR count). The molecule has 18 aromatic carbocycles. The van der Waals surface area contributed by atoms with Crippen molar-refractivity contribution in [2.75, 3.05) is 0 Å². The van der Waals surface area contributed by atoms with E-state index in [1.807, 2.05) is 127 Å². The Morgan fingerprint density at radius 3 is 1.15 bits per heavy atom. The van der Waals surface area contributed by atoms with Gasteiger partial charge in [-0.1, -0.05) is 384 Å². The van der Waals surface area contributed by atoms with Gasteiger partial charge in [0.25, 0.3) is 0 Å². The molecule has 0 N–H and O–H groups in total. The van der Waals surface area contributed by atoms with Crippen molar-refractivity contribution in [3.63, 3.8) is 0 Å². The van der Waals surface area contributed by atoms with Crippen LogP contribution in [0.1, 0.15) is 95.7 Å². The van der Waals surface area contributed by atoms with Gasteiger partial charge in [-0.05, 0) is 173 Å². The van der Waals surface area contributed by atoms with Gasteiger partial charge in [0.05, 0.1) is 5.56 Å². The Morgan fingerprint density at radius 1 is 0.218 bits per heavy atom. The molecule has 0 saturated heterocycles. The molecule has 0 bridgehead atoms. The van der Waals surface area contributed by atoms with E-state index >= 15 is 0 Å². The van der Waals surface area contributed by atoms with E-state index in [4.69, 9.17) is 62.5 Å². The molecule has 0 aliphatic heterocycles. The van der Waals surface area contributed by atoms with Gasteiger partial charge in [-0.15, -0.1) is 0 Å². The number of nitrogens with zero attached hydrogens (tertiary/aromatic N) is 9. The molecular formula is C129H93N9O4. The smallest absolute Gasteiger partial charge is 0.167 e. The Labute approximate surface area is 820 Å². The van der Waals surface area contributed by atoms with Gasteiger partial charge in [0, 0.05) is 104 Å². The van der Waals surface area contributed by atoms with Gasteiger partial charge in [0.2, 0.25) is 0 Å². The van der Waals surface area contributed by atoms with E-state index in [2.05, 4.69) is 329 Å². The van der Waals surface area contributed by atoms with Crippen LogP contribution < -0.4 is 0 Å². The monoisotopic (exact) mass is 1830 g/mol. The maximum atomic E-state index is 6.70. The first-order chi connectivity index (χ1) is 69.3. The number of aromatic nitrogens is 9. The highest BCUT2D eigenvalue weighted by Gasteiger charge is 2.50. The lowest BCUT2D eigenvalue weighted by Gasteiger charge is -2.41. The predicted molar refractivity (Wildman–Crippen MR) is 576 cm³/mol. The fraction of sp³-hybridized carbons (Fsp3) is 0.109. The molecule has 142 heavy (non-hydrogen) atoms. The van der Waals surface area contributed by atoms with Crippen molar-refractivity contribution in [1.29, 1.82) is 0 Å². The van der Waals surface area contributed by atoms with E-state index < -0.39 is 0 Å². The van der Waals surface area contributed by atoms with Crippen LogP contribution in [-0.2, 0) is 16.2 Å². The summed E-state index contributed by atoms with van der Waals surface area (Å²) in [4.78, 5) is 45.3. The van der Waals surface area contributed by atoms with Crippen molar-refractivity contribution in [3.05, 3.63) is 428 Å². The Balaban J connectivity index is 0.000000109. The Kier molecular flexibility index (Phi) is 19.6. The van der Waals surface area contributed by atoms with Crippen molar-refractivity contribution in [1.82, 2.24) is 44.9 Å². The molecule has 7 heterocycles. The molecule has 25 aromatic rings. The molecule has 13 heteroatoms. The average Bonchev–Trinajstić information content (AvgIpc) is 1.50. The van der Waals surface area contributed by atoms with E-state index in [-0.39, 0.29) is 21.7 Å². The van der Waals surface area contributed by atoms with Crippen LogP contribution in [0.15, 0.2) is 412 Å². The van der Waals surface area contributed by atoms with E-state index in [0.29, 0.717) is 58.3 Å². The molecular weight excluding hydrogens is 1740 g/mol. The number of hydrogen-bond acceptors (Lipinski definition) is 13. The summed E-state index contributed by atoms with van der Waals surface area (Å²) in [5.41, 5.74) is 32.5. The second-order valence-electron chi connectivity index (χ2n) is 39.8. The molecule has 3 aliphatic rings. The summed E-state index contributed by atoms with van der Waals surface area (Å²) in [7, 11) is 0. The molecule has 678 valence electrons. The zero-order valence-electron chi connectivity index (χ0n) is 79.8. The van der Waals surface area contributed by atoms with Gasteiger partial charge < -0.3 is 17.7 Å². The molecule has 13 nitrogen and oxygen atoms in total. The van der Waals surface area contributed by atoms with Crippen molar-refractivity contribution in [2.24, 2.45) is 11.3 Å². The first-order valence-electron chi connectivity index (χ1n) is 48.6. The lowest BCUT2D eigenvalue weighted by atomic mass is 9.62. The fourth-order valence-electron chi connectivity index (χ4n) is 22.6. The van der Waals surface area contributed by atoms with Gasteiger partial charge in [0.1, 0.15) is 44.7 Å². The summed E-state index contributed by atoms with van der Waals surface area (Å²) in [6.45, 7) is 21.1. The summed E-state index contributed by atoms with van der Waals surface area (Å²) in [6.07, 6.45) is 0. The van der Waals surface area contributed by atoms with Crippen LogP contribution in [0.4, 0.5) is 0 Å². The quantitative estimate of drug-likeness (QED) is 0.120. The van der Waals surface area contributed by atoms with Crippen LogP contribution in [0, 0.1) is 11.3 Å². The van der Waals surface area contributed by atoms with E-state index in [1.54, 1.807) is 0 Å². The zero-order valence-corrected chi connectivity index (χ0v) is 79.8. The first kappa shape index (κ1) is 84.9. The van der Waals surface area contributed by atoms with Crippen molar-refractivity contribution < 1.29 is 17.7 Å². The topological polar surface area (TPSA) is 169 Å². The molecule has 2 atom stereocenters. The third kappa shape index (κ3) is 13.6. The maximum Gasteiger partial charge on any atom is 0.167 e. The van der Waals surface area contributed by atoms with Crippen LogP contribution in [0.2, 0.25) is 0 Å². The SMILES string of the molecule is CC(C)(C)C1(C)c2ccccc2-c2ccc3oc4cc(-c5nc(-c6ccccc6)nc(-c6cccc(-c7ccccc7)c6)n5)ccc4c3c21.CC(C)C1(C)c2ccccc2-c2ccc3oc4cc(-c5nc(-c6ccccc6)nc(-c6cccc7oc8ccccc8c67)n5)ccc4c3c21.CC1(C)c2ccccc2-c2ccc3oc4c(-c5nc(-c6ccccc6)nc(-c6ccc7ccccc7c6)n5)cccc4c3c21. The minimum atomic E-state index is -0.199. The molecule has 2 unspecified atom stereocenters. The second-order valence-corrected chi connectivity index (χ2v) is 39.8. The molecule has 0 amide bonds. The van der Waals surface area contributed by atoms with Crippen molar-refractivity contribution >= 4 is 98.5 Å². The van der Waals surface area contributed by atoms with Crippen LogP contribution in [0.5, 0.6) is 0 Å². The fourth-order valence-corrected chi connectivity index (χ4v) is 22.6. The van der Waals surface area contributed by atoms with Gasteiger partial charge in [-0.2, -0.15) is 0 Å². The average molecular weight is 1830 g/mol. The third-order valence-electron chi connectivity index (χ3n) is 30.3. The molecule has 0 saturated carbocycles. The number of furan rings is 4. The molecule has 0 radical (unpaired) electrons. The Hall–Kier alpha value is -17.6. The summed E-state index contributed by atoms with van der Waals surface area (Å²) >= 11 is 0. The maximum absolute atomic E-state index is 6.70. The van der Waals surface area contributed by atoms with Crippen molar-refractivity contribution in [3.8, 4) is 147 Å². The Morgan fingerprint density at radius 2 is 0.577 bits per heavy atom. The van der Waals surface area contributed by atoms with E-state index in [9.17, 15) is 0 Å². The minimum absolute atomic E-state index is 0.0287. The number of fused-ring (bicyclic) bond motifs is 25. The summed E-state index contributed by atoms with van der Waals surface area (Å²) < 4.78 is 26.2. The largest absolute Gasteiger partial charge is 0.456 e. The second kappa shape index (κ2) is 32.8. The lowest BCUT2D eigenvalue weighted by Crippen LogP contribution is -2.36. The lowest BCUT2D eigenvalue weighted by molar-refractivity contribution is 0.256. The number of hydrogen-bond donors (Lipinski definition) is 0. The van der Waals surface area contributed by atoms with Crippen molar-refractivity contribution in [2.45, 2.75) is 78.6 Å². The highest BCUT2D eigenvalue weighted by Crippen LogP contribution is 2.62. The predicted octanol–water partition coefficient (Wildman–Crippen LogP) is 33.6. The van der Waals surface area contributed by atoms with Crippen LogP contribution in [0.25, 0.3) is 246 Å². The number of para-hydroxylation sites is 2. The standard InChI is InChI=1S/C45H35N3O.C44H31N3O2.C40H27N3O/c1-44(2,3)45(4)36-21-12-11-20-33(36)34-24-25-37-39(40(34)45)35-23-22-32(27-38(35)49-37)43-47-41(29-16-9-6-10-17-29)46-42(48-43)31-19-13-18-30(26-31)28-14-7-5-8-15-28;1-25(2)44(3)33-17-9-7-14-28(33)29-22-23-36-39(40(29)44)31-21-20-27(24-37(31)49-36)42-45-41(26-12-5-4-6-13-26)46-43(47-42)32-16-11-19-35-38(32)30-15-8-10-18-34(30)48-35;1-40(2)32-18-9-8-15-28(32)29-21-22-33-34(35(29)40)30-16-10-17-31(36(30)44-33)39-42-37(25-12-4-3-5-13-25)41-38(43-39)27-20-19-24-11-6-7-14-26(24)23-27/h5-27H,1-4H3;4-25H,1-3H3;3-23H,1-2H3. The van der Waals surface area contributed by atoms with Gasteiger partial charge in [-0.3, -0.25) is 0 Å². The van der Waals surface area contributed by atoms with Gasteiger partial charge in [0.15, 0.2) is 52.4 Å². The third-order valence-corrected chi connectivity index (χ3v) is 30.3. The van der Waals surface area contributed by atoms with E-state index in [0.717, 1.165) is 144 Å². The molecule has 0 fully saturated rings. The first-order valence-corrected chi connectivity index (χ1v) is 48.6.